The second-order valence-corrected chi connectivity index (χ2v) is 1.65. The molecule has 0 aliphatic rings. The molecule has 0 atom stereocenters. The molecule has 1 aromatic rings. The van der Waals surface area contributed by atoms with Crippen LogP contribution in [0.4, 0.5) is 0 Å². The molecule has 0 aromatic heterocycles. The van der Waals surface area contributed by atoms with E-state index in [1.54, 1.807) is 18.2 Å². The molecule has 3 heteroatoms. The first kappa shape index (κ1) is 9.61. The van der Waals surface area contributed by atoms with E-state index in [9.17, 15) is 9.90 Å². The number of hydrogen-bond donors (Lipinski definition) is 0. The molecule has 0 aliphatic heterocycles. The van der Waals surface area contributed by atoms with Gasteiger partial charge in [-0.3, -0.25) is 0 Å². The first-order valence-electron chi connectivity index (χ1n) is 2.57. The minimum atomic E-state index is -1.13. The van der Waals surface area contributed by atoms with Gasteiger partial charge in [-0.2, -0.15) is 0 Å². The van der Waals surface area contributed by atoms with Gasteiger partial charge in [-0.1, -0.05) is 30.3 Å². The summed E-state index contributed by atoms with van der Waals surface area (Å²) >= 11 is 0. The third kappa shape index (κ3) is 2.47. The zero-order chi connectivity index (χ0) is 6.69. The third-order valence-corrected chi connectivity index (χ3v) is 1.01. The molecule has 2 nitrogen and oxygen atoms in total. The van der Waals surface area contributed by atoms with Crippen molar-refractivity contribution in [1.82, 2.24) is 0 Å². The number of carboxylic acid groups (broad SMARTS) is 1. The standard InChI is InChI=1S/C7H6O2.Cd/c8-7(9)6-4-2-1-3-5-6;/h1-5H,(H,8,9);/q;+2/p-1. The van der Waals surface area contributed by atoms with Crippen LogP contribution >= 0.6 is 0 Å². The second kappa shape index (κ2) is 4.43. The van der Waals surface area contributed by atoms with Crippen LogP contribution in [-0.2, 0) is 27.3 Å². The van der Waals surface area contributed by atoms with E-state index in [0.29, 0.717) is 0 Å². The molecule has 0 bridgehead atoms. The summed E-state index contributed by atoms with van der Waals surface area (Å²) in [7, 11) is 0. The molecule has 0 unspecified atom stereocenters. The molecule has 0 fully saturated rings. The molecule has 10 heavy (non-hydrogen) atoms. The van der Waals surface area contributed by atoms with Crippen molar-refractivity contribution in [2.75, 3.05) is 0 Å². The van der Waals surface area contributed by atoms with Crippen molar-refractivity contribution in [2.24, 2.45) is 0 Å². The zero-order valence-corrected chi connectivity index (χ0v) is 9.45. The Morgan fingerprint density at radius 2 is 1.70 bits per heavy atom. The Balaban J connectivity index is 0.000000810. The Morgan fingerprint density at radius 3 is 2.00 bits per heavy atom. The minimum absolute atomic E-state index is 0. The summed E-state index contributed by atoms with van der Waals surface area (Å²) in [4.78, 5) is 10.1. The van der Waals surface area contributed by atoms with Crippen molar-refractivity contribution in [2.45, 2.75) is 0 Å². The topological polar surface area (TPSA) is 40.1 Å². The van der Waals surface area contributed by atoms with Gasteiger partial charge in [0.05, 0.1) is 5.97 Å². The summed E-state index contributed by atoms with van der Waals surface area (Å²) in [5.74, 6) is -1.13. The van der Waals surface area contributed by atoms with Gasteiger partial charge < -0.3 is 9.90 Å². The third-order valence-electron chi connectivity index (χ3n) is 1.01. The average molecular weight is 234 g/mol. The van der Waals surface area contributed by atoms with Gasteiger partial charge in [0, 0.05) is 0 Å². The Hall–Kier alpha value is -0.388. The van der Waals surface area contributed by atoms with Crippen LogP contribution in [0.1, 0.15) is 10.4 Å². The van der Waals surface area contributed by atoms with Crippen molar-refractivity contribution in [3.63, 3.8) is 0 Å². The Kier molecular flexibility index (Phi) is 4.26. The van der Waals surface area contributed by atoms with Crippen LogP contribution in [0.25, 0.3) is 0 Å². The van der Waals surface area contributed by atoms with Gasteiger partial charge in [-0.25, -0.2) is 0 Å². The van der Waals surface area contributed by atoms with Gasteiger partial charge in [0.15, 0.2) is 0 Å². The van der Waals surface area contributed by atoms with Gasteiger partial charge in [0.2, 0.25) is 0 Å². The fourth-order valence-corrected chi connectivity index (χ4v) is 0.574. The molecule has 0 spiro atoms. The maximum atomic E-state index is 10.1. The smallest absolute Gasteiger partial charge is 0.545 e. The van der Waals surface area contributed by atoms with Crippen LogP contribution in [-0.4, -0.2) is 5.97 Å². The van der Waals surface area contributed by atoms with Crippen LogP contribution in [0, 0.1) is 0 Å². The van der Waals surface area contributed by atoms with E-state index in [0.717, 1.165) is 0 Å². The van der Waals surface area contributed by atoms with Crippen molar-refractivity contribution < 1.29 is 37.2 Å². The molecular weight excluding hydrogens is 228 g/mol. The second-order valence-electron chi connectivity index (χ2n) is 1.65. The summed E-state index contributed by atoms with van der Waals surface area (Å²) in [5.41, 5.74) is 0.220. The van der Waals surface area contributed by atoms with Crippen LogP contribution < -0.4 is 5.11 Å². The van der Waals surface area contributed by atoms with E-state index >= 15 is 0 Å². The summed E-state index contributed by atoms with van der Waals surface area (Å²) in [6.45, 7) is 0. The van der Waals surface area contributed by atoms with Crippen molar-refractivity contribution >= 4 is 5.97 Å². The number of aromatic carboxylic acids is 1. The van der Waals surface area contributed by atoms with E-state index in [1.165, 1.54) is 12.1 Å². The molecule has 0 saturated heterocycles. The molecule has 0 amide bonds. The first-order valence-corrected chi connectivity index (χ1v) is 2.57. The number of hydrogen-bond acceptors (Lipinski definition) is 2. The molecule has 1 rings (SSSR count). The van der Waals surface area contributed by atoms with Crippen LogP contribution in [0.2, 0.25) is 0 Å². The molecule has 0 radical (unpaired) electrons. The monoisotopic (exact) mass is 235 g/mol. The number of carbonyl (C=O) groups is 1. The number of benzene rings is 1. The molecule has 0 saturated carbocycles. The van der Waals surface area contributed by atoms with Crippen molar-refractivity contribution in [1.29, 1.82) is 0 Å². The van der Waals surface area contributed by atoms with Crippen LogP contribution in [0.3, 0.4) is 0 Å². The molecule has 0 heterocycles. The van der Waals surface area contributed by atoms with Crippen molar-refractivity contribution in [3.05, 3.63) is 35.9 Å². The van der Waals surface area contributed by atoms with Crippen LogP contribution in [0.15, 0.2) is 30.3 Å². The average Bonchev–Trinajstić information content (AvgIpc) is 1.90. The fraction of sp³-hybridized carbons (Fsp3) is 0. The van der Waals surface area contributed by atoms with Gasteiger partial charge in [0.1, 0.15) is 0 Å². The molecular formula is C7H5CdO2+. The Bertz CT molecular complexity index is 208. The van der Waals surface area contributed by atoms with Gasteiger partial charge in [0.25, 0.3) is 0 Å². The number of carbonyl (C=O) groups excluding carboxylic acids is 1. The summed E-state index contributed by atoms with van der Waals surface area (Å²) in [6, 6.07) is 8.06. The first-order chi connectivity index (χ1) is 4.30. The van der Waals surface area contributed by atoms with Gasteiger partial charge in [-0.15, -0.1) is 0 Å². The molecule has 1 aromatic carbocycles. The van der Waals surface area contributed by atoms with E-state index in [-0.39, 0.29) is 32.9 Å². The van der Waals surface area contributed by atoms with E-state index < -0.39 is 5.97 Å². The minimum Gasteiger partial charge on any atom is -0.545 e. The van der Waals surface area contributed by atoms with Gasteiger partial charge >= 0.3 is 27.3 Å². The van der Waals surface area contributed by atoms with E-state index in [4.69, 9.17) is 0 Å². The summed E-state index contributed by atoms with van der Waals surface area (Å²) in [6.07, 6.45) is 0. The largest absolute Gasteiger partial charge is 2.00 e. The fourth-order valence-electron chi connectivity index (χ4n) is 0.574. The van der Waals surface area contributed by atoms with Crippen molar-refractivity contribution in [3.8, 4) is 0 Å². The Morgan fingerprint density at radius 1 is 1.20 bits per heavy atom. The van der Waals surface area contributed by atoms with E-state index in [2.05, 4.69) is 0 Å². The zero-order valence-electron chi connectivity index (χ0n) is 5.41. The molecule has 0 N–H and O–H groups in total. The van der Waals surface area contributed by atoms with E-state index in [1.807, 2.05) is 0 Å². The summed E-state index contributed by atoms with van der Waals surface area (Å²) in [5, 5.41) is 10.1. The maximum Gasteiger partial charge on any atom is 2.00 e. The predicted molar refractivity (Wildman–Crippen MR) is 30.8 cm³/mol. The quantitative estimate of drug-likeness (QED) is 0.643. The number of carboxylic acids is 1. The van der Waals surface area contributed by atoms with Crippen LogP contribution in [0.5, 0.6) is 0 Å². The Labute approximate surface area is 79.0 Å². The predicted octanol–water partition coefficient (Wildman–Crippen LogP) is 0.0476. The van der Waals surface area contributed by atoms with Gasteiger partial charge in [-0.05, 0) is 5.56 Å². The summed E-state index contributed by atoms with van der Waals surface area (Å²) < 4.78 is 0. The molecule has 0 aliphatic carbocycles. The SMILES string of the molecule is O=C([O-])c1ccccc1.[Cd+2]. The molecule has 46 valence electrons. The normalized spacial score (nSPS) is 8.00. The maximum absolute atomic E-state index is 10.1. The number of rotatable bonds is 1.